The van der Waals surface area contributed by atoms with Crippen molar-refractivity contribution >= 4 is 33.0 Å². The Morgan fingerprint density at radius 1 is 1.44 bits per heavy atom. The second-order valence-corrected chi connectivity index (χ2v) is 6.20. The first-order chi connectivity index (χ1) is 8.35. The molecule has 0 heterocycles. The van der Waals surface area contributed by atoms with Gasteiger partial charge in [-0.2, -0.15) is 0 Å². The zero-order chi connectivity index (χ0) is 13.8. The van der Waals surface area contributed by atoms with Crippen molar-refractivity contribution in [3.8, 4) is 0 Å². The zero-order valence-corrected chi connectivity index (χ0v) is 11.9. The van der Waals surface area contributed by atoms with Crippen molar-refractivity contribution in [2.45, 2.75) is 13.3 Å². The maximum absolute atomic E-state index is 11.8. The quantitative estimate of drug-likeness (QED) is 0.621. The number of benzene rings is 1. The average molecular weight is 293 g/mol. The molecule has 0 bridgehead atoms. The fourth-order valence-electron chi connectivity index (χ4n) is 1.43. The summed E-state index contributed by atoms with van der Waals surface area (Å²) in [5, 5.41) is 0.329. The minimum absolute atomic E-state index is 0.00226. The van der Waals surface area contributed by atoms with E-state index in [0.29, 0.717) is 29.4 Å². The summed E-state index contributed by atoms with van der Waals surface area (Å²) in [6.07, 6.45) is 0.438. The first-order valence-electron chi connectivity index (χ1n) is 5.41. The Labute approximate surface area is 112 Å². The van der Waals surface area contributed by atoms with Crippen LogP contribution in [0.15, 0.2) is 12.1 Å². The van der Waals surface area contributed by atoms with Crippen LogP contribution in [0.25, 0.3) is 0 Å². The molecule has 0 atom stereocenters. The van der Waals surface area contributed by atoms with Gasteiger partial charge in [-0.3, -0.25) is 4.72 Å². The number of nitrogens with two attached hydrogens (primary N) is 1. The van der Waals surface area contributed by atoms with Gasteiger partial charge in [0, 0.05) is 13.7 Å². The number of hydrogen-bond acceptors (Lipinski definition) is 4. The van der Waals surface area contributed by atoms with Crippen molar-refractivity contribution in [2.75, 3.05) is 29.9 Å². The summed E-state index contributed by atoms with van der Waals surface area (Å²) in [4.78, 5) is 0. The van der Waals surface area contributed by atoms with Gasteiger partial charge in [-0.15, -0.1) is 0 Å². The highest BCUT2D eigenvalue weighted by Crippen LogP contribution is 2.27. The Balaban J connectivity index is 2.81. The van der Waals surface area contributed by atoms with Crippen LogP contribution in [-0.4, -0.2) is 27.9 Å². The third-order valence-corrected chi connectivity index (χ3v) is 4.06. The van der Waals surface area contributed by atoms with Crippen molar-refractivity contribution in [1.29, 1.82) is 0 Å². The highest BCUT2D eigenvalue weighted by atomic mass is 35.5. The van der Waals surface area contributed by atoms with E-state index in [4.69, 9.17) is 22.1 Å². The fraction of sp³-hybridized carbons (Fsp3) is 0.455. The summed E-state index contributed by atoms with van der Waals surface area (Å²) in [7, 11) is -1.86. The van der Waals surface area contributed by atoms with Crippen molar-refractivity contribution in [3.63, 3.8) is 0 Å². The molecule has 0 amide bonds. The predicted octanol–water partition coefficient (Wildman–Crippen LogP) is 2.01. The Morgan fingerprint density at radius 3 is 2.72 bits per heavy atom. The Bertz CT molecular complexity index is 517. The lowest BCUT2D eigenvalue weighted by Crippen LogP contribution is -2.18. The molecule has 3 N–H and O–H groups in total. The Morgan fingerprint density at radius 2 is 2.11 bits per heavy atom. The molecule has 0 aliphatic carbocycles. The first kappa shape index (κ1) is 15.1. The normalized spacial score (nSPS) is 11.5. The molecule has 1 rings (SSSR count). The lowest BCUT2D eigenvalue weighted by atomic mass is 10.2. The van der Waals surface area contributed by atoms with Crippen LogP contribution in [0.2, 0.25) is 5.02 Å². The smallest absolute Gasteiger partial charge is 0.232 e. The molecule has 0 aromatic heterocycles. The van der Waals surface area contributed by atoms with Gasteiger partial charge in [-0.25, -0.2) is 8.42 Å². The molecule has 0 fully saturated rings. The van der Waals surface area contributed by atoms with Gasteiger partial charge in [0.05, 0.1) is 22.2 Å². The number of hydrogen-bond donors (Lipinski definition) is 2. The van der Waals surface area contributed by atoms with Crippen LogP contribution in [0, 0.1) is 6.92 Å². The molecule has 0 saturated carbocycles. The fourth-order valence-corrected chi connectivity index (χ4v) is 2.74. The maximum Gasteiger partial charge on any atom is 0.232 e. The molecule has 0 spiro atoms. The lowest BCUT2D eigenvalue weighted by molar-refractivity contribution is 0.199. The molecule has 0 aliphatic heterocycles. The minimum Gasteiger partial charge on any atom is -0.398 e. The summed E-state index contributed by atoms with van der Waals surface area (Å²) in [5.74, 6) is 0.00226. The summed E-state index contributed by atoms with van der Waals surface area (Å²) in [6.45, 7) is 2.17. The van der Waals surface area contributed by atoms with E-state index in [9.17, 15) is 8.42 Å². The lowest BCUT2D eigenvalue weighted by Gasteiger charge is -2.12. The summed E-state index contributed by atoms with van der Waals surface area (Å²) >= 11 is 5.86. The number of ether oxygens (including phenoxy) is 1. The van der Waals surface area contributed by atoms with Crippen LogP contribution in [0.4, 0.5) is 11.4 Å². The van der Waals surface area contributed by atoms with Gasteiger partial charge >= 0.3 is 0 Å². The van der Waals surface area contributed by atoms with Crippen molar-refractivity contribution in [2.24, 2.45) is 0 Å². The number of rotatable bonds is 6. The molecule has 0 saturated heterocycles. The van der Waals surface area contributed by atoms with Crippen molar-refractivity contribution in [3.05, 3.63) is 22.7 Å². The van der Waals surface area contributed by atoms with Crippen molar-refractivity contribution < 1.29 is 13.2 Å². The molecule has 7 heteroatoms. The van der Waals surface area contributed by atoms with Gasteiger partial charge in [-0.1, -0.05) is 11.6 Å². The standard InChI is InChI=1S/C11H17ClN2O3S/c1-8-6-10(13)9(12)7-11(8)14-18(15,16)5-3-4-17-2/h6-7,14H,3-5,13H2,1-2H3. The second-order valence-electron chi connectivity index (χ2n) is 3.96. The summed E-state index contributed by atoms with van der Waals surface area (Å²) < 4.78 is 30.9. The summed E-state index contributed by atoms with van der Waals surface area (Å²) in [6, 6.07) is 3.15. The topological polar surface area (TPSA) is 81.4 Å². The van der Waals surface area contributed by atoms with E-state index in [0.717, 1.165) is 5.56 Å². The molecule has 18 heavy (non-hydrogen) atoms. The van der Waals surface area contributed by atoms with Gasteiger partial charge in [0.2, 0.25) is 10.0 Å². The van der Waals surface area contributed by atoms with Crippen LogP contribution in [0.1, 0.15) is 12.0 Å². The minimum atomic E-state index is -3.39. The van der Waals surface area contributed by atoms with E-state index in [2.05, 4.69) is 4.72 Å². The SMILES string of the molecule is COCCCS(=O)(=O)Nc1cc(Cl)c(N)cc1C. The van der Waals surface area contributed by atoms with E-state index in [1.807, 2.05) is 0 Å². The molecule has 1 aromatic carbocycles. The zero-order valence-electron chi connectivity index (χ0n) is 10.4. The van der Waals surface area contributed by atoms with Gasteiger partial charge < -0.3 is 10.5 Å². The number of nitrogen functional groups attached to an aromatic ring is 1. The van der Waals surface area contributed by atoms with E-state index >= 15 is 0 Å². The molecule has 0 radical (unpaired) electrons. The monoisotopic (exact) mass is 292 g/mol. The molecular formula is C11H17ClN2O3S. The highest BCUT2D eigenvalue weighted by molar-refractivity contribution is 7.92. The van der Waals surface area contributed by atoms with Gasteiger partial charge in [0.15, 0.2) is 0 Å². The number of anilines is 2. The largest absolute Gasteiger partial charge is 0.398 e. The highest BCUT2D eigenvalue weighted by Gasteiger charge is 2.12. The van der Waals surface area contributed by atoms with E-state index < -0.39 is 10.0 Å². The van der Waals surface area contributed by atoms with E-state index in [1.54, 1.807) is 13.0 Å². The maximum atomic E-state index is 11.8. The number of aryl methyl sites for hydroxylation is 1. The average Bonchev–Trinajstić information content (AvgIpc) is 2.26. The van der Waals surface area contributed by atoms with Crippen LogP contribution in [-0.2, 0) is 14.8 Å². The van der Waals surface area contributed by atoms with Crippen LogP contribution >= 0.6 is 11.6 Å². The Hall–Kier alpha value is -0.980. The molecule has 5 nitrogen and oxygen atoms in total. The molecule has 0 aliphatic rings. The molecular weight excluding hydrogens is 276 g/mol. The van der Waals surface area contributed by atoms with Gasteiger partial charge in [0.25, 0.3) is 0 Å². The van der Waals surface area contributed by atoms with Gasteiger partial charge in [0.1, 0.15) is 0 Å². The molecule has 102 valence electrons. The number of sulfonamides is 1. The van der Waals surface area contributed by atoms with Crippen molar-refractivity contribution in [1.82, 2.24) is 0 Å². The Kier molecular flexibility index (Phi) is 5.25. The van der Waals surface area contributed by atoms with E-state index in [1.165, 1.54) is 13.2 Å². The second kappa shape index (κ2) is 6.26. The van der Waals surface area contributed by atoms with Gasteiger partial charge in [-0.05, 0) is 31.0 Å². The third kappa shape index (κ3) is 4.36. The molecule has 1 aromatic rings. The number of nitrogens with one attached hydrogen (secondary N) is 1. The number of methoxy groups -OCH3 is 1. The first-order valence-corrected chi connectivity index (χ1v) is 7.44. The van der Waals surface area contributed by atoms with Crippen LogP contribution in [0.3, 0.4) is 0 Å². The van der Waals surface area contributed by atoms with E-state index in [-0.39, 0.29) is 5.75 Å². The van der Waals surface area contributed by atoms with Crippen LogP contribution in [0.5, 0.6) is 0 Å². The summed E-state index contributed by atoms with van der Waals surface area (Å²) in [5.41, 5.74) is 7.23. The molecule has 0 unspecified atom stereocenters. The third-order valence-electron chi connectivity index (χ3n) is 2.37. The predicted molar refractivity (Wildman–Crippen MR) is 74.5 cm³/mol. The number of halogens is 1. The van der Waals surface area contributed by atoms with Crippen LogP contribution < -0.4 is 10.5 Å².